The Hall–Kier alpha value is -4.31. The highest BCUT2D eigenvalue weighted by Crippen LogP contribution is 2.62. The molecule has 0 spiro atoms. The zero-order valence-corrected chi connectivity index (χ0v) is 41.9. The molecule has 1 saturated carbocycles. The van der Waals surface area contributed by atoms with Crippen molar-refractivity contribution < 1.29 is 58.2 Å². The van der Waals surface area contributed by atoms with Crippen LogP contribution in [-0.2, 0) is 23.8 Å². The third-order valence-electron chi connectivity index (χ3n) is 14.3. The number of nitrogens with zero attached hydrogens (tertiary/aromatic N) is 2. The largest absolute Gasteiger partial charge is 0.459 e. The number of amides is 1. The molecule has 2 aromatic carbocycles. The first-order valence-corrected chi connectivity index (χ1v) is 26.6. The Kier molecular flexibility index (Phi) is 23.5. The predicted octanol–water partition coefficient (Wildman–Crippen LogP) is 10.8. The summed E-state index contributed by atoms with van der Waals surface area (Å²) in [6.45, 7) is 7.55. The Balaban J connectivity index is 1.45. The van der Waals surface area contributed by atoms with E-state index >= 15 is 0 Å². The van der Waals surface area contributed by atoms with Crippen molar-refractivity contribution in [3.63, 3.8) is 0 Å². The second-order valence-electron chi connectivity index (χ2n) is 19.3. The van der Waals surface area contributed by atoms with Gasteiger partial charge in [0.15, 0.2) is 0 Å². The molecule has 0 aromatic heterocycles. The molecule has 4 aliphatic rings. The van der Waals surface area contributed by atoms with Gasteiger partial charge in [0.25, 0.3) is 0 Å². The number of hydrogen-bond donors (Lipinski definition) is 3. The summed E-state index contributed by atoms with van der Waals surface area (Å²) in [6, 6.07) is 12.0. The number of ether oxygens (including phenoxy) is 6. The normalized spacial score (nSPS) is 24.2. The lowest BCUT2D eigenvalue weighted by Crippen LogP contribution is -2.70. The summed E-state index contributed by atoms with van der Waals surface area (Å²) in [4.78, 5) is 34.6. The quantitative estimate of drug-likeness (QED) is 0.0268. The van der Waals surface area contributed by atoms with Gasteiger partial charge >= 0.3 is 6.09 Å². The van der Waals surface area contributed by atoms with Crippen LogP contribution in [0.15, 0.2) is 71.9 Å². The highest BCUT2D eigenvalue weighted by atomic mass is 16.8. The van der Waals surface area contributed by atoms with Crippen molar-refractivity contribution in [1.29, 1.82) is 0 Å². The topological polar surface area (TPSA) is 175 Å². The molecule has 1 saturated heterocycles. The molecular weight excluding hydrogens is 893 g/mol. The van der Waals surface area contributed by atoms with Crippen LogP contribution in [0.2, 0.25) is 0 Å². The summed E-state index contributed by atoms with van der Waals surface area (Å²) in [6.07, 6.45) is 22.5. The van der Waals surface area contributed by atoms with Gasteiger partial charge in [0.2, 0.25) is 12.1 Å². The van der Waals surface area contributed by atoms with Gasteiger partial charge in [0.05, 0.1) is 51.3 Å². The van der Waals surface area contributed by atoms with Gasteiger partial charge in [-0.3, -0.25) is 9.69 Å². The minimum atomic E-state index is -1.50. The number of fused-ring (bicyclic) bond motifs is 2. The van der Waals surface area contributed by atoms with Gasteiger partial charge in [-0.1, -0.05) is 107 Å². The number of hydrogen-bond acceptors (Lipinski definition) is 13. The monoisotopic (exact) mass is 975 g/mol. The van der Waals surface area contributed by atoms with Crippen molar-refractivity contribution in [2.45, 2.75) is 159 Å². The third kappa shape index (κ3) is 15.1. The summed E-state index contributed by atoms with van der Waals surface area (Å²) in [5.74, 6) is -0.666. The molecule has 0 bridgehead atoms. The van der Waals surface area contributed by atoms with Crippen LogP contribution in [0.4, 0.5) is 4.79 Å². The number of benzene rings is 2. The number of aldehydes is 1. The average molecular weight is 975 g/mol. The average Bonchev–Trinajstić information content (AvgIpc) is 3.38. The third-order valence-corrected chi connectivity index (χ3v) is 14.3. The number of oxime groups is 1. The van der Waals surface area contributed by atoms with Crippen LogP contribution in [0.25, 0.3) is 0 Å². The number of rotatable bonds is 33. The molecule has 7 atom stereocenters. The Labute approximate surface area is 416 Å². The van der Waals surface area contributed by atoms with Gasteiger partial charge in [0.1, 0.15) is 29.6 Å². The van der Waals surface area contributed by atoms with Crippen molar-refractivity contribution in [3.8, 4) is 17.2 Å². The lowest BCUT2D eigenvalue weighted by atomic mass is 9.55. The first-order chi connectivity index (χ1) is 34.4. The zero-order valence-electron chi connectivity index (χ0n) is 41.9. The molecule has 2 aliphatic carbocycles. The van der Waals surface area contributed by atoms with E-state index < -0.39 is 30.1 Å². The fourth-order valence-corrected chi connectivity index (χ4v) is 11.0. The SMILES string of the molecule is C=CCO[C@@]12Oc3ccc(Oc4cccc(C=O)c4)cc3[C@H]3[C@H](CCCCO)[C@@H](CCCCO)C=C(C(=NOC4CCCCO4)C[C@@H]1N(CCOCCO)C(=O)OCCCCCCCCCCCC)[C@H]32. The predicted molar refractivity (Wildman–Crippen MR) is 269 cm³/mol. The summed E-state index contributed by atoms with van der Waals surface area (Å²) >= 11 is 0. The fraction of sp³-hybridized carbons (Fsp3) is 0.661. The maximum absolute atomic E-state index is 14.8. The van der Waals surface area contributed by atoms with E-state index in [1.54, 1.807) is 29.2 Å². The van der Waals surface area contributed by atoms with E-state index in [4.69, 9.17) is 38.4 Å². The molecule has 14 heteroatoms. The van der Waals surface area contributed by atoms with Gasteiger partial charge in [-0.15, -0.1) is 6.58 Å². The van der Waals surface area contributed by atoms with Crippen molar-refractivity contribution in [3.05, 3.63) is 77.9 Å². The summed E-state index contributed by atoms with van der Waals surface area (Å²) in [5, 5.41) is 34.7. The fourth-order valence-electron chi connectivity index (χ4n) is 11.0. The van der Waals surface area contributed by atoms with Gasteiger partial charge in [-0.2, -0.15) is 0 Å². The molecule has 3 N–H and O–H groups in total. The highest BCUT2D eigenvalue weighted by molar-refractivity contribution is 6.03. The van der Waals surface area contributed by atoms with Crippen LogP contribution in [0, 0.1) is 17.8 Å². The van der Waals surface area contributed by atoms with Crippen LogP contribution in [-0.4, -0.2) is 116 Å². The lowest BCUT2D eigenvalue weighted by molar-refractivity contribution is -0.256. The summed E-state index contributed by atoms with van der Waals surface area (Å²) in [7, 11) is 0. The number of aliphatic hydroxyl groups excluding tert-OH is 3. The molecule has 2 aliphatic heterocycles. The molecule has 2 heterocycles. The number of carbonyl (C=O) groups is 2. The van der Waals surface area contributed by atoms with E-state index in [2.05, 4.69) is 19.6 Å². The molecule has 6 rings (SSSR count). The van der Waals surface area contributed by atoms with E-state index in [-0.39, 0.29) is 77.0 Å². The molecule has 14 nitrogen and oxygen atoms in total. The smallest absolute Gasteiger partial charge is 0.410 e. The minimum Gasteiger partial charge on any atom is -0.459 e. The van der Waals surface area contributed by atoms with Gasteiger partial charge < -0.3 is 48.6 Å². The van der Waals surface area contributed by atoms with E-state index in [1.807, 2.05) is 24.3 Å². The van der Waals surface area contributed by atoms with Crippen LogP contribution >= 0.6 is 0 Å². The van der Waals surface area contributed by atoms with Crippen LogP contribution in [0.1, 0.15) is 157 Å². The van der Waals surface area contributed by atoms with Crippen molar-refractivity contribution in [2.75, 3.05) is 59.4 Å². The molecule has 70 heavy (non-hydrogen) atoms. The molecule has 2 fully saturated rings. The van der Waals surface area contributed by atoms with Crippen LogP contribution in [0.3, 0.4) is 0 Å². The molecule has 1 amide bonds. The van der Waals surface area contributed by atoms with Gasteiger partial charge in [0, 0.05) is 49.6 Å². The van der Waals surface area contributed by atoms with E-state index in [0.717, 1.165) is 81.6 Å². The molecule has 388 valence electrons. The molecular formula is C56H82N2O12. The maximum atomic E-state index is 14.8. The number of aliphatic hydroxyl groups is 3. The second-order valence-corrected chi connectivity index (χ2v) is 19.3. The first kappa shape index (κ1) is 55.0. The molecule has 0 radical (unpaired) electrons. The van der Waals surface area contributed by atoms with E-state index in [0.29, 0.717) is 54.4 Å². The number of unbranched alkanes of at least 4 members (excludes halogenated alkanes) is 11. The highest BCUT2D eigenvalue weighted by Gasteiger charge is 2.65. The van der Waals surface area contributed by atoms with Crippen LogP contribution in [0.5, 0.6) is 17.2 Å². The standard InChI is InChI=1S/C56H82N2O12/c1-3-5-6-7-8-9-10-11-12-18-34-66-55(63)58(28-35-64-36-31-61)51-40-49(57-70-52-25-15-19-33-65-52)47-38-43(22-13-16-29-59)46(24-14-17-30-60)53-48-39-45(68-44-23-20-21-42(37-44)41-62)26-27-50(48)69-56(51,54(47)53)67-32-4-2/h4,20-21,23,26-27,37-39,41,43,46,51-54,59-61H,2-3,5-19,22,24-25,28-36,40H2,1H3/t43-,46+,51-,52?,53+,54+,56+/m0/s1. The van der Waals surface area contributed by atoms with E-state index in [1.165, 1.54) is 38.5 Å². The Morgan fingerprint density at radius 3 is 2.34 bits per heavy atom. The Morgan fingerprint density at radius 2 is 1.63 bits per heavy atom. The minimum absolute atomic E-state index is 0.00536. The van der Waals surface area contributed by atoms with E-state index in [9.17, 15) is 24.9 Å². The Morgan fingerprint density at radius 1 is 0.871 bits per heavy atom. The van der Waals surface area contributed by atoms with Gasteiger partial charge in [-0.05, 0) is 92.7 Å². The first-order valence-electron chi connectivity index (χ1n) is 26.6. The Bertz CT molecular complexity index is 1950. The molecule has 1 unspecified atom stereocenters. The number of allylic oxidation sites excluding steroid dienone is 1. The van der Waals surface area contributed by atoms with Crippen LogP contribution < -0.4 is 9.47 Å². The lowest BCUT2D eigenvalue weighted by Gasteiger charge is -2.59. The number of carbonyl (C=O) groups excluding carboxylic acids is 2. The maximum Gasteiger partial charge on any atom is 0.410 e. The van der Waals surface area contributed by atoms with Crippen molar-refractivity contribution >= 4 is 18.1 Å². The molecule has 2 aromatic rings. The zero-order chi connectivity index (χ0) is 49.4. The second kappa shape index (κ2) is 29.9. The summed E-state index contributed by atoms with van der Waals surface area (Å²) in [5.41, 5.74) is 2.95. The van der Waals surface area contributed by atoms with Crippen molar-refractivity contribution in [1.82, 2.24) is 4.90 Å². The van der Waals surface area contributed by atoms with Gasteiger partial charge in [-0.25, -0.2) is 4.79 Å². The summed E-state index contributed by atoms with van der Waals surface area (Å²) < 4.78 is 39.1. The van der Waals surface area contributed by atoms with Crippen molar-refractivity contribution in [2.24, 2.45) is 22.9 Å².